The van der Waals surface area contributed by atoms with Crippen LogP contribution >= 0.6 is 0 Å². The molecule has 3 N–H and O–H groups in total. The molecule has 3 rings (SSSR count). The maximum absolute atomic E-state index is 10.9. The Labute approximate surface area is 112 Å². The highest BCUT2D eigenvalue weighted by Gasteiger charge is 2.40. The van der Waals surface area contributed by atoms with Gasteiger partial charge in [0, 0.05) is 23.9 Å². The number of carbonyl (C=O) groups is 1. The average molecular weight is 258 g/mol. The Hall–Kier alpha value is -1.88. The number of hydrogen-bond acceptors (Lipinski definition) is 3. The number of piperidine rings is 1. The zero-order chi connectivity index (χ0) is 13.4. The van der Waals surface area contributed by atoms with E-state index in [4.69, 9.17) is 5.73 Å². The number of likely N-dealkylation sites (N-methyl/N-ethyl adjacent to an activating group) is 1. The van der Waals surface area contributed by atoms with Crippen molar-refractivity contribution in [2.45, 2.75) is 12.3 Å². The zero-order valence-corrected chi connectivity index (χ0v) is 11.0. The van der Waals surface area contributed by atoms with Crippen molar-refractivity contribution >= 4 is 11.7 Å². The molecule has 0 spiro atoms. The molecule has 1 aromatic carbocycles. The molecule has 1 aliphatic heterocycles. The molecule has 0 aromatic heterocycles. The van der Waals surface area contributed by atoms with Crippen LogP contribution in [0.3, 0.4) is 0 Å². The number of urea groups is 1. The Bertz CT molecular complexity index is 540. The van der Waals surface area contributed by atoms with Crippen LogP contribution in [0.1, 0.15) is 23.5 Å². The number of primary amides is 1. The van der Waals surface area contributed by atoms with Gasteiger partial charge in [0.2, 0.25) is 0 Å². The Morgan fingerprint density at radius 2 is 2.21 bits per heavy atom. The Morgan fingerprint density at radius 3 is 3.00 bits per heavy atom. The Morgan fingerprint density at radius 1 is 1.42 bits per heavy atom. The van der Waals surface area contributed by atoms with E-state index in [0.717, 1.165) is 30.8 Å². The average Bonchev–Trinajstić information content (AvgIpc) is 2.70. The highest BCUT2D eigenvalue weighted by Crippen LogP contribution is 2.42. The lowest BCUT2D eigenvalue weighted by Gasteiger charge is -2.32. The van der Waals surface area contributed by atoms with Crippen LogP contribution in [0.15, 0.2) is 29.4 Å². The van der Waals surface area contributed by atoms with Crippen molar-refractivity contribution in [2.24, 2.45) is 16.8 Å². The SMILES string of the molecule is CN1CC[C@@H]2/C(=N\NC(N)=O)c3ccccc3[C@@H]2C1. The van der Waals surface area contributed by atoms with Gasteiger partial charge in [0.15, 0.2) is 0 Å². The van der Waals surface area contributed by atoms with Gasteiger partial charge in [0.25, 0.3) is 0 Å². The van der Waals surface area contributed by atoms with Gasteiger partial charge in [-0.3, -0.25) is 0 Å². The largest absolute Gasteiger partial charge is 0.350 e. The van der Waals surface area contributed by atoms with Crippen LogP contribution < -0.4 is 11.2 Å². The molecule has 1 aliphatic carbocycles. The number of nitrogens with one attached hydrogen (secondary N) is 1. The maximum Gasteiger partial charge on any atom is 0.332 e. The first-order valence-corrected chi connectivity index (χ1v) is 6.57. The first kappa shape index (κ1) is 12.2. The second kappa shape index (κ2) is 4.66. The van der Waals surface area contributed by atoms with E-state index in [2.05, 4.69) is 40.7 Å². The lowest BCUT2D eigenvalue weighted by atomic mass is 9.86. The second-order valence-corrected chi connectivity index (χ2v) is 5.32. The van der Waals surface area contributed by atoms with Gasteiger partial charge in [-0.05, 0) is 25.6 Å². The summed E-state index contributed by atoms with van der Waals surface area (Å²) in [5.41, 5.74) is 11.0. The molecule has 19 heavy (non-hydrogen) atoms. The fourth-order valence-corrected chi connectivity index (χ4v) is 3.27. The summed E-state index contributed by atoms with van der Waals surface area (Å²) in [6.07, 6.45) is 1.06. The van der Waals surface area contributed by atoms with Crippen molar-refractivity contribution in [1.29, 1.82) is 0 Å². The fourth-order valence-electron chi connectivity index (χ4n) is 3.27. The molecule has 1 aromatic rings. The van der Waals surface area contributed by atoms with Crippen molar-refractivity contribution < 1.29 is 4.79 Å². The first-order chi connectivity index (χ1) is 9.16. The standard InChI is InChI=1S/C14H18N4O/c1-18-7-6-11-12(8-18)9-4-2-3-5-10(9)13(11)16-17-14(15)19/h2-5,11-12H,6-8H2,1H3,(H3,15,17,19)/b16-13-/t11-,12-/m0/s1. The van der Waals surface area contributed by atoms with Gasteiger partial charge in [-0.2, -0.15) is 5.10 Å². The molecular formula is C14H18N4O. The highest BCUT2D eigenvalue weighted by molar-refractivity contribution is 6.07. The van der Waals surface area contributed by atoms with Gasteiger partial charge in [-0.25, -0.2) is 10.2 Å². The van der Waals surface area contributed by atoms with Gasteiger partial charge in [0.1, 0.15) is 0 Å². The van der Waals surface area contributed by atoms with Crippen molar-refractivity contribution in [3.05, 3.63) is 35.4 Å². The van der Waals surface area contributed by atoms with Crippen LogP contribution in [-0.4, -0.2) is 36.8 Å². The third-order valence-corrected chi connectivity index (χ3v) is 4.09. The maximum atomic E-state index is 10.9. The van der Waals surface area contributed by atoms with E-state index >= 15 is 0 Å². The number of likely N-dealkylation sites (tertiary alicyclic amines) is 1. The molecule has 0 bridgehead atoms. The molecule has 5 heteroatoms. The van der Waals surface area contributed by atoms with Crippen molar-refractivity contribution in [2.75, 3.05) is 20.1 Å². The topological polar surface area (TPSA) is 70.7 Å². The molecule has 1 heterocycles. The summed E-state index contributed by atoms with van der Waals surface area (Å²) >= 11 is 0. The van der Waals surface area contributed by atoms with Crippen LogP contribution in [0.5, 0.6) is 0 Å². The molecule has 0 saturated carbocycles. The number of fused-ring (bicyclic) bond motifs is 3. The number of nitrogens with zero attached hydrogens (tertiary/aromatic N) is 2. The molecule has 2 amide bonds. The normalized spacial score (nSPS) is 27.9. The number of amides is 2. The quantitative estimate of drug-likeness (QED) is 0.741. The van der Waals surface area contributed by atoms with E-state index in [1.807, 2.05) is 6.07 Å². The van der Waals surface area contributed by atoms with Gasteiger partial charge in [-0.1, -0.05) is 24.3 Å². The number of benzene rings is 1. The summed E-state index contributed by atoms with van der Waals surface area (Å²) in [6.45, 7) is 2.10. The number of nitrogens with two attached hydrogens (primary N) is 1. The van der Waals surface area contributed by atoms with E-state index in [1.54, 1.807) is 0 Å². The molecule has 0 radical (unpaired) electrons. The minimum absolute atomic E-state index is 0.389. The van der Waals surface area contributed by atoms with Crippen LogP contribution in [0, 0.1) is 5.92 Å². The smallest absolute Gasteiger partial charge is 0.332 e. The first-order valence-electron chi connectivity index (χ1n) is 6.57. The van der Waals surface area contributed by atoms with Crippen LogP contribution in [0.2, 0.25) is 0 Å². The van der Waals surface area contributed by atoms with Gasteiger partial charge in [-0.15, -0.1) is 0 Å². The second-order valence-electron chi connectivity index (χ2n) is 5.32. The van der Waals surface area contributed by atoms with Crippen LogP contribution in [0.4, 0.5) is 4.79 Å². The lowest BCUT2D eigenvalue weighted by molar-refractivity contribution is 0.227. The van der Waals surface area contributed by atoms with E-state index < -0.39 is 6.03 Å². The minimum atomic E-state index is -0.610. The number of hydrogen-bond donors (Lipinski definition) is 2. The molecule has 2 atom stereocenters. The summed E-state index contributed by atoms with van der Waals surface area (Å²) in [4.78, 5) is 13.2. The predicted molar refractivity (Wildman–Crippen MR) is 74.0 cm³/mol. The molecule has 100 valence electrons. The van der Waals surface area contributed by atoms with Crippen molar-refractivity contribution in [3.63, 3.8) is 0 Å². The summed E-state index contributed by atoms with van der Waals surface area (Å²) < 4.78 is 0. The van der Waals surface area contributed by atoms with Crippen molar-refractivity contribution in [1.82, 2.24) is 10.3 Å². The number of rotatable bonds is 1. The van der Waals surface area contributed by atoms with Crippen LogP contribution in [0.25, 0.3) is 0 Å². The molecular weight excluding hydrogens is 240 g/mol. The van der Waals surface area contributed by atoms with Crippen molar-refractivity contribution in [3.8, 4) is 0 Å². The van der Waals surface area contributed by atoms with E-state index in [1.165, 1.54) is 5.56 Å². The monoisotopic (exact) mass is 258 g/mol. The number of carbonyl (C=O) groups excluding carboxylic acids is 1. The predicted octanol–water partition coefficient (Wildman–Crippen LogP) is 1.11. The summed E-state index contributed by atoms with van der Waals surface area (Å²) in [5.74, 6) is 0.865. The number of hydrazone groups is 1. The van der Waals surface area contributed by atoms with Gasteiger partial charge >= 0.3 is 6.03 Å². The molecule has 0 unspecified atom stereocenters. The molecule has 1 saturated heterocycles. The van der Waals surface area contributed by atoms with Gasteiger partial charge < -0.3 is 10.6 Å². The Balaban J connectivity index is 2.00. The summed E-state index contributed by atoms with van der Waals surface area (Å²) in [5, 5.41) is 4.25. The zero-order valence-electron chi connectivity index (χ0n) is 11.0. The lowest BCUT2D eigenvalue weighted by Crippen LogP contribution is -2.37. The third kappa shape index (κ3) is 2.10. The van der Waals surface area contributed by atoms with Crippen LogP contribution in [-0.2, 0) is 0 Å². The van der Waals surface area contributed by atoms with Gasteiger partial charge in [0.05, 0.1) is 5.71 Å². The summed E-state index contributed by atoms with van der Waals surface area (Å²) in [7, 11) is 2.15. The van der Waals surface area contributed by atoms with E-state index in [-0.39, 0.29) is 0 Å². The highest BCUT2D eigenvalue weighted by atomic mass is 16.2. The Kier molecular flexibility index (Phi) is 2.98. The minimum Gasteiger partial charge on any atom is -0.350 e. The molecule has 1 fully saturated rings. The fraction of sp³-hybridized carbons (Fsp3) is 0.429. The molecule has 5 nitrogen and oxygen atoms in total. The van der Waals surface area contributed by atoms with E-state index in [9.17, 15) is 4.79 Å². The summed E-state index contributed by atoms with van der Waals surface area (Å²) in [6, 6.07) is 7.71. The third-order valence-electron chi connectivity index (χ3n) is 4.09. The van der Waals surface area contributed by atoms with E-state index in [0.29, 0.717) is 11.8 Å². The molecule has 2 aliphatic rings.